The Labute approximate surface area is 106 Å². The molecule has 1 aromatic carbocycles. The molecular weight excluding hydrogens is 244 g/mol. The number of ether oxygens (including phenoxy) is 1. The fraction of sp³-hybridized carbons (Fsp3) is 0.364. The van der Waals surface area contributed by atoms with Crippen molar-refractivity contribution < 1.29 is 14.6 Å². The van der Waals surface area contributed by atoms with Crippen LogP contribution in [-0.4, -0.2) is 30.6 Å². The molecule has 0 aromatic heterocycles. The first-order valence-electron chi connectivity index (χ1n) is 5.14. The van der Waals surface area contributed by atoms with E-state index in [-0.39, 0.29) is 19.0 Å². The Balaban J connectivity index is 0.00000144. The van der Waals surface area contributed by atoms with Crippen molar-refractivity contribution in [2.24, 2.45) is 5.73 Å². The van der Waals surface area contributed by atoms with Crippen LogP contribution < -0.4 is 10.6 Å². The summed E-state index contributed by atoms with van der Waals surface area (Å²) in [5.74, 6) is 0. The van der Waals surface area contributed by atoms with E-state index in [4.69, 9.17) is 15.6 Å². The van der Waals surface area contributed by atoms with Gasteiger partial charge in [-0.05, 0) is 24.1 Å². The number of anilines is 1. The van der Waals surface area contributed by atoms with Gasteiger partial charge in [0.25, 0.3) is 0 Å². The summed E-state index contributed by atoms with van der Waals surface area (Å²) in [6.45, 7) is 0.494. The largest absolute Gasteiger partial charge is 0.428 e. The second kappa shape index (κ2) is 5.86. The second-order valence-corrected chi connectivity index (χ2v) is 3.67. The number of carbonyl (C=O) groups is 1. The quantitative estimate of drug-likeness (QED) is 0.844. The minimum atomic E-state index is -0.551. The summed E-state index contributed by atoms with van der Waals surface area (Å²) in [6, 6.07) is 7.40. The lowest BCUT2D eigenvalue weighted by Gasteiger charge is -2.12. The fourth-order valence-electron chi connectivity index (χ4n) is 1.67. The maximum absolute atomic E-state index is 11.4. The number of nitrogens with two attached hydrogens (primary N) is 1. The minimum absolute atomic E-state index is 0. The molecule has 6 heteroatoms. The van der Waals surface area contributed by atoms with Crippen LogP contribution in [0.25, 0.3) is 0 Å². The molecule has 1 amide bonds. The second-order valence-electron chi connectivity index (χ2n) is 3.67. The van der Waals surface area contributed by atoms with Crippen LogP contribution >= 0.6 is 12.4 Å². The molecule has 1 saturated heterocycles. The molecule has 3 N–H and O–H groups in total. The average Bonchev–Trinajstić information content (AvgIpc) is 2.59. The van der Waals surface area contributed by atoms with Crippen LogP contribution in [0.15, 0.2) is 24.3 Å². The monoisotopic (exact) mass is 258 g/mol. The van der Waals surface area contributed by atoms with Gasteiger partial charge in [-0.3, -0.25) is 10.6 Å². The van der Waals surface area contributed by atoms with E-state index < -0.39 is 12.3 Å². The van der Waals surface area contributed by atoms with Gasteiger partial charge in [0.15, 0.2) is 6.23 Å². The standard InChI is InChI=1S/C11H14N2O3.ClH/c12-10-7-13(11(15)16-10)9-3-1-8(2-4-9)5-6-14;/h1-4,10,14H,5-7,12H2;1H/t10-;/m1./s1. The molecule has 0 aliphatic carbocycles. The Hall–Kier alpha value is -1.30. The Kier molecular flexibility index (Phi) is 4.74. The van der Waals surface area contributed by atoms with Crippen LogP contribution in [0.4, 0.5) is 10.5 Å². The molecule has 17 heavy (non-hydrogen) atoms. The minimum Gasteiger partial charge on any atom is -0.428 e. The molecule has 0 spiro atoms. The Morgan fingerprint density at radius 1 is 1.41 bits per heavy atom. The maximum Gasteiger partial charge on any atom is 0.416 e. The molecule has 1 fully saturated rings. The average molecular weight is 259 g/mol. The third kappa shape index (κ3) is 3.09. The molecule has 94 valence electrons. The van der Waals surface area contributed by atoms with Gasteiger partial charge in [-0.1, -0.05) is 12.1 Å². The van der Waals surface area contributed by atoms with Gasteiger partial charge in [0.05, 0.1) is 6.54 Å². The normalized spacial score (nSPS) is 18.8. The molecule has 5 nitrogen and oxygen atoms in total. The van der Waals surface area contributed by atoms with Crippen LogP contribution in [0.1, 0.15) is 5.56 Å². The molecule has 1 aliphatic heterocycles. The summed E-state index contributed by atoms with van der Waals surface area (Å²) >= 11 is 0. The maximum atomic E-state index is 11.4. The van der Waals surface area contributed by atoms with Crippen LogP contribution in [0, 0.1) is 0 Å². The molecule has 0 bridgehead atoms. The lowest BCUT2D eigenvalue weighted by atomic mass is 10.1. The number of aliphatic hydroxyl groups is 1. The molecule has 1 heterocycles. The molecule has 1 atom stereocenters. The van der Waals surface area contributed by atoms with Crippen molar-refractivity contribution >= 4 is 24.2 Å². The van der Waals surface area contributed by atoms with Crippen molar-refractivity contribution in [2.75, 3.05) is 18.1 Å². The van der Waals surface area contributed by atoms with Gasteiger partial charge < -0.3 is 9.84 Å². The number of nitrogens with zero attached hydrogens (tertiary/aromatic N) is 1. The van der Waals surface area contributed by atoms with Crippen molar-refractivity contribution in [3.63, 3.8) is 0 Å². The summed E-state index contributed by atoms with van der Waals surface area (Å²) in [5.41, 5.74) is 7.31. The van der Waals surface area contributed by atoms with Crippen LogP contribution in [0.2, 0.25) is 0 Å². The number of amides is 1. The van der Waals surface area contributed by atoms with Gasteiger partial charge in [0.2, 0.25) is 0 Å². The zero-order valence-electron chi connectivity index (χ0n) is 9.20. The van der Waals surface area contributed by atoms with Crippen molar-refractivity contribution in [1.82, 2.24) is 0 Å². The number of rotatable bonds is 3. The van der Waals surface area contributed by atoms with E-state index >= 15 is 0 Å². The number of cyclic esters (lactones) is 1. The number of aliphatic hydroxyl groups excluding tert-OH is 1. The summed E-state index contributed by atoms with van der Waals surface area (Å²) in [6.07, 6.45) is -0.350. The Morgan fingerprint density at radius 2 is 2.06 bits per heavy atom. The summed E-state index contributed by atoms with van der Waals surface area (Å²) in [4.78, 5) is 12.9. The number of hydrogen-bond donors (Lipinski definition) is 2. The van der Waals surface area contributed by atoms with Crippen molar-refractivity contribution in [3.8, 4) is 0 Å². The molecular formula is C11H15ClN2O3. The highest BCUT2D eigenvalue weighted by molar-refractivity contribution is 5.89. The van der Waals surface area contributed by atoms with Gasteiger partial charge in [0.1, 0.15) is 0 Å². The van der Waals surface area contributed by atoms with Gasteiger partial charge >= 0.3 is 6.09 Å². The van der Waals surface area contributed by atoms with E-state index in [9.17, 15) is 4.79 Å². The highest BCUT2D eigenvalue weighted by Crippen LogP contribution is 2.20. The Bertz CT molecular complexity index is 383. The number of benzene rings is 1. The third-order valence-electron chi connectivity index (χ3n) is 2.48. The number of hydrogen-bond acceptors (Lipinski definition) is 4. The first kappa shape index (κ1) is 13.8. The molecule has 0 radical (unpaired) electrons. The molecule has 2 rings (SSSR count). The van der Waals surface area contributed by atoms with Crippen molar-refractivity contribution in [3.05, 3.63) is 29.8 Å². The van der Waals surface area contributed by atoms with Crippen molar-refractivity contribution in [2.45, 2.75) is 12.6 Å². The van der Waals surface area contributed by atoms with Gasteiger partial charge in [-0.15, -0.1) is 12.4 Å². The predicted molar refractivity (Wildman–Crippen MR) is 66.3 cm³/mol. The van der Waals surface area contributed by atoms with Crippen molar-refractivity contribution in [1.29, 1.82) is 0 Å². The highest BCUT2D eigenvalue weighted by atomic mass is 35.5. The fourth-order valence-corrected chi connectivity index (χ4v) is 1.67. The van der Waals surface area contributed by atoms with E-state index in [0.717, 1.165) is 11.3 Å². The zero-order chi connectivity index (χ0) is 11.5. The lowest BCUT2D eigenvalue weighted by Crippen LogP contribution is -2.27. The van der Waals surface area contributed by atoms with E-state index in [1.54, 1.807) is 0 Å². The SMILES string of the molecule is Cl.N[C@H]1CN(c2ccc(CCO)cc2)C(=O)O1. The number of halogens is 1. The van der Waals surface area contributed by atoms with Gasteiger partial charge in [-0.2, -0.15) is 0 Å². The van der Waals surface area contributed by atoms with E-state index in [0.29, 0.717) is 13.0 Å². The van der Waals surface area contributed by atoms with E-state index in [2.05, 4.69) is 0 Å². The number of carbonyl (C=O) groups excluding carboxylic acids is 1. The first-order chi connectivity index (χ1) is 7.70. The van der Waals surface area contributed by atoms with Gasteiger partial charge in [-0.25, -0.2) is 4.79 Å². The summed E-state index contributed by atoms with van der Waals surface area (Å²) in [7, 11) is 0. The molecule has 0 saturated carbocycles. The topological polar surface area (TPSA) is 75.8 Å². The molecule has 1 aromatic rings. The zero-order valence-corrected chi connectivity index (χ0v) is 10.0. The van der Waals surface area contributed by atoms with E-state index in [1.165, 1.54) is 4.90 Å². The third-order valence-corrected chi connectivity index (χ3v) is 2.48. The lowest BCUT2D eigenvalue weighted by molar-refractivity contribution is 0.144. The summed E-state index contributed by atoms with van der Waals surface area (Å²) < 4.78 is 4.83. The Morgan fingerprint density at radius 3 is 2.53 bits per heavy atom. The predicted octanol–water partition coefficient (Wildman–Crippen LogP) is 0.885. The molecule has 0 unspecified atom stereocenters. The highest BCUT2D eigenvalue weighted by Gasteiger charge is 2.29. The van der Waals surface area contributed by atoms with E-state index in [1.807, 2.05) is 24.3 Å². The first-order valence-corrected chi connectivity index (χ1v) is 5.14. The smallest absolute Gasteiger partial charge is 0.416 e. The summed E-state index contributed by atoms with van der Waals surface area (Å²) in [5, 5.41) is 8.78. The van der Waals surface area contributed by atoms with Gasteiger partial charge in [0, 0.05) is 12.3 Å². The van der Waals surface area contributed by atoms with Crippen LogP contribution in [-0.2, 0) is 11.2 Å². The molecule has 1 aliphatic rings. The van der Waals surface area contributed by atoms with Crippen LogP contribution in [0.3, 0.4) is 0 Å². The van der Waals surface area contributed by atoms with Crippen LogP contribution in [0.5, 0.6) is 0 Å².